The van der Waals surface area contributed by atoms with Gasteiger partial charge >= 0.3 is 0 Å². The van der Waals surface area contributed by atoms with E-state index in [0.717, 1.165) is 10.4 Å². The number of nitrogens with zero attached hydrogens (tertiary/aromatic N) is 2. The summed E-state index contributed by atoms with van der Waals surface area (Å²) in [6, 6.07) is 10.1. The van der Waals surface area contributed by atoms with Crippen LogP contribution in [0.2, 0.25) is 0 Å². The minimum Gasteiger partial charge on any atom is -0.480 e. The number of rotatable bonds is 7. The van der Waals surface area contributed by atoms with Crippen molar-refractivity contribution in [1.82, 2.24) is 15.1 Å². The summed E-state index contributed by atoms with van der Waals surface area (Å²) in [5.74, 6) is 0.0595. The minimum atomic E-state index is -0.268. The summed E-state index contributed by atoms with van der Waals surface area (Å²) < 4.78 is 20.1. The van der Waals surface area contributed by atoms with E-state index in [1.54, 1.807) is 40.5 Å². The average Bonchev–Trinajstić information content (AvgIpc) is 3.27. The molecule has 130 valence electrons. The van der Waals surface area contributed by atoms with Crippen LogP contribution >= 0.6 is 11.3 Å². The van der Waals surface area contributed by atoms with Gasteiger partial charge in [-0.3, -0.25) is 9.48 Å². The molecule has 7 heteroatoms. The van der Waals surface area contributed by atoms with Gasteiger partial charge < -0.3 is 10.1 Å². The molecule has 25 heavy (non-hydrogen) atoms. The number of aromatic nitrogens is 2. The van der Waals surface area contributed by atoms with Gasteiger partial charge in [-0.25, -0.2) is 4.39 Å². The molecule has 0 aliphatic heterocycles. The number of benzene rings is 1. The third-order valence-electron chi connectivity index (χ3n) is 3.58. The Balaban J connectivity index is 1.48. The Labute approximate surface area is 149 Å². The molecule has 1 aromatic carbocycles. The van der Waals surface area contributed by atoms with Crippen LogP contribution in [0.5, 0.6) is 5.75 Å². The van der Waals surface area contributed by atoms with Crippen molar-refractivity contribution >= 4 is 17.2 Å². The highest BCUT2D eigenvalue weighted by Crippen LogP contribution is 2.18. The summed E-state index contributed by atoms with van der Waals surface area (Å²) in [7, 11) is 0. The molecule has 0 spiro atoms. The maximum absolute atomic E-state index is 12.9. The largest absolute Gasteiger partial charge is 0.480 e. The first-order chi connectivity index (χ1) is 12.1. The second-order valence-electron chi connectivity index (χ2n) is 5.59. The molecule has 3 rings (SSSR count). The van der Waals surface area contributed by atoms with Gasteiger partial charge in [-0.05, 0) is 36.1 Å². The molecule has 0 radical (unpaired) electrons. The molecule has 1 unspecified atom stereocenters. The molecule has 1 N–H and O–H groups in total. The summed E-state index contributed by atoms with van der Waals surface area (Å²) in [5, 5.41) is 9.05. The van der Waals surface area contributed by atoms with Gasteiger partial charge in [0, 0.05) is 4.88 Å². The first-order valence-corrected chi connectivity index (χ1v) is 8.70. The van der Waals surface area contributed by atoms with Crippen molar-refractivity contribution in [3.8, 4) is 5.75 Å². The second-order valence-corrected chi connectivity index (χ2v) is 6.57. The standard InChI is InChI=1S/C18H18FN3O2S/c1-13(17-3-2-8-25-17)21-18(23)12-24-16-9-20-22(11-16)10-14-4-6-15(19)7-5-14/h2-9,11,13H,10,12H2,1H3,(H,21,23). The van der Waals surface area contributed by atoms with Crippen LogP contribution in [0.25, 0.3) is 0 Å². The van der Waals surface area contributed by atoms with Crippen molar-refractivity contribution in [3.63, 3.8) is 0 Å². The molecule has 2 heterocycles. The van der Waals surface area contributed by atoms with Crippen molar-refractivity contribution in [2.24, 2.45) is 0 Å². The topological polar surface area (TPSA) is 56.1 Å². The van der Waals surface area contributed by atoms with E-state index in [-0.39, 0.29) is 24.4 Å². The fourth-order valence-corrected chi connectivity index (χ4v) is 3.06. The fourth-order valence-electron chi connectivity index (χ4n) is 2.32. The maximum Gasteiger partial charge on any atom is 0.258 e. The molecule has 0 saturated carbocycles. The van der Waals surface area contributed by atoms with Crippen molar-refractivity contribution in [1.29, 1.82) is 0 Å². The number of amides is 1. The van der Waals surface area contributed by atoms with Crippen LogP contribution in [0.15, 0.2) is 54.2 Å². The van der Waals surface area contributed by atoms with Crippen molar-refractivity contribution in [2.45, 2.75) is 19.5 Å². The Bertz CT molecular complexity index is 815. The van der Waals surface area contributed by atoms with E-state index in [1.807, 2.05) is 24.4 Å². The monoisotopic (exact) mass is 359 g/mol. The number of halogens is 1. The van der Waals surface area contributed by atoms with Gasteiger partial charge in [0.2, 0.25) is 0 Å². The summed E-state index contributed by atoms with van der Waals surface area (Å²) in [6.07, 6.45) is 3.26. The Hall–Kier alpha value is -2.67. The van der Waals surface area contributed by atoms with Gasteiger partial charge in [-0.2, -0.15) is 5.10 Å². The molecule has 5 nitrogen and oxygen atoms in total. The van der Waals surface area contributed by atoms with Gasteiger partial charge in [0.25, 0.3) is 5.91 Å². The second kappa shape index (κ2) is 7.94. The lowest BCUT2D eigenvalue weighted by Crippen LogP contribution is -2.30. The quantitative estimate of drug-likeness (QED) is 0.703. The van der Waals surface area contributed by atoms with Crippen LogP contribution in [0.3, 0.4) is 0 Å². The zero-order valence-electron chi connectivity index (χ0n) is 13.7. The Morgan fingerprint density at radius 1 is 1.36 bits per heavy atom. The molecule has 0 bridgehead atoms. The first kappa shape index (κ1) is 17.2. The lowest BCUT2D eigenvalue weighted by Gasteiger charge is -2.12. The number of carbonyl (C=O) groups excluding carboxylic acids is 1. The zero-order chi connectivity index (χ0) is 17.6. The van der Waals surface area contributed by atoms with E-state index >= 15 is 0 Å². The van der Waals surface area contributed by atoms with E-state index in [0.29, 0.717) is 12.3 Å². The summed E-state index contributed by atoms with van der Waals surface area (Å²) in [6.45, 7) is 2.37. The Morgan fingerprint density at radius 2 is 2.16 bits per heavy atom. The highest BCUT2D eigenvalue weighted by molar-refractivity contribution is 7.10. The van der Waals surface area contributed by atoms with Crippen LogP contribution in [-0.4, -0.2) is 22.3 Å². The minimum absolute atomic E-state index is 0.0442. The summed E-state index contributed by atoms with van der Waals surface area (Å²) in [5.41, 5.74) is 0.929. The molecule has 0 saturated heterocycles. The molecular formula is C18H18FN3O2S. The predicted octanol–water partition coefficient (Wildman–Crippen LogP) is 3.39. The van der Waals surface area contributed by atoms with E-state index in [2.05, 4.69) is 10.4 Å². The van der Waals surface area contributed by atoms with Crippen molar-refractivity contribution < 1.29 is 13.9 Å². The van der Waals surface area contributed by atoms with Crippen molar-refractivity contribution in [2.75, 3.05) is 6.61 Å². The van der Waals surface area contributed by atoms with Crippen LogP contribution in [0.4, 0.5) is 4.39 Å². The van der Waals surface area contributed by atoms with Gasteiger partial charge in [0.05, 0.1) is 25.0 Å². The highest BCUT2D eigenvalue weighted by atomic mass is 32.1. The molecule has 0 aliphatic carbocycles. The van der Waals surface area contributed by atoms with Crippen LogP contribution in [0, 0.1) is 5.82 Å². The molecule has 3 aromatic rings. The van der Waals surface area contributed by atoms with Crippen LogP contribution in [0.1, 0.15) is 23.4 Å². The Morgan fingerprint density at radius 3 is 2.88 bits per heavy atom. The molecular weight excluding hydrogens is 341 g/mol. The Kier molecular flexibility index (Phi) is 5.45. The molecule has 0 aliphatic rings. The third kappa shape index (κ3) is 4.90. The third-order valence-corrected chi connectivity index (χ3v) is 4.64. The van der Waals surface area contributed by atoms with E-state index in [9.17, 15) is 9.18 Å². The van der Waals surface area contributed by atoms with Gasteiger partial charge in [0.15, 0.2) is 12.4 Å². The molecule has 2 aromatic heterocycles. The molecule has 1 amide bonds. The van der Waals surface area contributed by atoms with Gasteiger partial charge in [-0.1, -0.05) is 18.2 Å². The number of carbonyl (C=O) groups is 1. The van der Waals surface area contributed by atoms with E-state index in [4.69, 9.17) is 4.74 Å². The van der Waals surface area contributed by atoms with E-state index < -0.39 is 0 Å². The predicted molar refractivity (Wildman–Crippen MR) is 94.1 cm³/mol. The fraction of sp³-hybridized carbons (Fsp3) is 0.222. The lowest BCUT2D eigenvalue weighted by molar-refractivity contribution is -0.123. The number of hydrogen-bond acceptors (Lipinski definition) is 4. The number of ether oxygens (including phenoxy) is 1. The summed E-state index contributed by atoms with van der Waals surface area (Å²) >= 11 is 1.60. The maximum atomic E-state index is 12.9. The lowest BCUT2D eigenvalue weighted by atomic mass is 10.2. The zero-order valence-corrected chi connectivity index (χ0v) is 14.5. The molecule has 1 atom stereocenters. The number of thiophene rings is 1. The van der Waals surface area contributed by atoms with Crippen LogP contribution < -0.4 is 10.1 Å². The summed E-state index contributed by atoms with van der Waals surface area (Å²) in [4.78, 5) is 13.1. The van der Waals surface area contributed by atoms with Gasteiger partial charge in [-0.15, -0.1) is 11.3 Å². The first-order valence-electron chi connectivity index (χ1n) is 7.82. The van der Waals surface area contributed by atoms with Crippen molar-refractivity contribution in [3.05, 3.63) is 70.4 Å². The van der Waals surface area contributed by atoms with Gasteiger partial charge in [0.1, 0.15) is 5.82 Å². The average molecular weight is 359 g/mol. The highest BCUT2D eigenvalue weighted by Gasteiger charge is 2.11. The molecule has 0 fully saturated rings. The smallest absolute Gasteiger partial charge is 0.258 e. The van der Waals surface area contributed by atoms with Crippen LogP contribution in [-0.2, 0) is 11.3 Å². The normalized spacial score (nSPS) is 11.9. The SMILES string of the molecule is CC(NC(=O)COc1cnn(Cc2ccc(F)cc2)c1)c1cccs1. The number of nitrogens with one attached hydrogen (secondary N) is 1. The van der Waals surface area contributed by atoms with E-state index in [1.165, 1.54) is 12.1 Å². The number of hydrogen-bond donors (Lipinski definition) is 1.